The zero-order chi connectivity index (χ0) is 16.5. The summed E-state index contributed by atoms with van der Waals surface area (Å²) in [7, 11) is 0. The molecule has 7 heteroatoms. The summed E-state index contributed by atoms with van der Waals surface area (Å²) < 4.78 is 37.4. The maximum absolute atomic E-state index is 12.5. The molecule has 0 saturated heterocycles. The van der Waals surface area contributed by atoms with Crippen LogP contribution in [0.2, 0.25) is 0 Å². The number of amides is 1. The van der Waals surface area contributed by atoms with Gasteiger partial charge in [0.15, 0.2) is 0 Å². The van der Waals surface area contributed by atoms with Gasteiger partial charge in [0, 0.05) is 6.04 Å². The Balaban J connectivity index is 2.08. The standard InChI is InChI=1S/C15H16F3NO3/c1-9(14(21)22)19(12-6-7-12)13(20)8-10-2-4-11(5-3-10)15(16,17)18/h2-5,9,12H,6-8H2,1H3,(H,21,22). The lowest BCUT2D eigenvalue weighted by molar-refractivity contribution is -0.149. The molecule has 0 aliphatic heterocycles. The van der Waals surface area contributed by atoms with Gasteiger partial charge in [0.05, 0.1) is 12.0 Å². The Morgan fingerprint density at radius 1 is 1.27 bits per heavy atom. The molecule has 1 amide bonds. The first kappa shape index (κ1) is 16.3. The number of halogens is 3. The maximum atomic E-state index is 12.5. The Hall–Kier alpha value is -2.05. The summed E-state index contributed by atoms with van der Waals surface area (Å²) in [6.07, 6.45) is -3.00. The van der Waals surface area contributed by atoms with Crippen molar-refractivity contribution in [2.75, 3.05) is 0 Å². The van der Waals surface area contributed by atoms with Crippen LogP contribution in [0.15, 0.2) is 24.3 Å². The second-order valence-electron chi connectivity index (χ2n) is 5.42. The predicted octanol–water partition coefficient (Wildman–Crippen LogP) is 2.71. The molecule has 0 bridgehead atoms. The number of aliphatic carboxylic acids is 1. The van der Waals surface area contributed by atoms with Crippen LogP contribution in [0.3, 0.4) is 0 Å². The molecule has 2 rings (SSSR count). The van der Waals surface area contributed by atoms with Gasteiger partial charge in [-0.25, -0.2) is 4.79 Å². The number of benzene rings is 1. The highest BCUT2D eigenvalue weighted by molar-refractivity contribution is 5.85. The van der Waals surface area contributed by atoms with E-state index in [9.17, 15) is 22.8 Å². The van der Waals surface area contributed by atoms with Crippen LogP contribution in [0.1, 0.15) is 30.9 Å². The summed E-state index contributed by atoms with van der Waals surface area (Å²) in [5.41, 5.74) is -0.345. The van der Waals surface area contributed by atoms with Gasteiger partial charge in [-0.15, -0.1) is 0 Å². The van der Waals surface area contributed by atoms with Crippen LogP contribution in [0, 0.1) is 0 Å². The second-order valence-corrected chi connectivity index (χ2v) is 5.42. The van der Waals surface area contributed by atoms with E-state index in [0.29, 0.717) is 5.56 Å². The van der Waals surface area contributed by atoms with Crippen molar-refractivity contribution in [3.8, 4) is 0 Å². The first-order valence-electron chi connectivity index (χ1n) is 6.90. The Labute approximate surface area is 125 Å². The molecular formula is C15H16F3NO3. The summed E-state index contributed by atoms with van der Waals surface area (Å²) in [6, 6.07) is 3.33. The third kappa shape index (κ3) is 3.78. The number of hydrogen-bond donors (Lipinski definition) is 1. The number of alkyl halides is 3. The van der Waals surface area contributed by atoms with E-state index in [1.807, 2.05) is 0 Å². The minimum absolute atomic E-state index is 0.0759. The Kier molecular flexibility index (Phi) is 4.44. The van der Waals surface area contributed by atoms with E-state index < -0.39 is 23.8 Å². The van der Waals surface area contributed by atoms with Crippen LogP contribution in [0.5, 0.6) is 0 Å². The van der Waals surface area contributed by atoms with E-state index in [2.05, 4.69) is 0 Å². The third-order valence-corrected chi connectivity index (χ3v) is 3.64. The van der Waals surface area contributed by atoms with Crippen molar-refractivity contribution in [1.29, 1.82) is 0 Å². The predicted molar refractivity (Wildman–Crippen MR) is 72.1 cm³/mol. The molecule has 0 radical (unpaired) electrons. The molecule has 120 valence electrons. The van der Waals surface area contributed by atoms with Crippen LogP contribution in [-0.4, -0.2) is 34.0 Å². The van der Waals surface area contributed by atoms with Gasteiger partial charge < -0.3 is 10.0 Å². The van der Waals surface area contributed by atoms with Crippen molar-refractivity contribution >= 4 is 11.9 Å². The fourth-order valence-electron chi connectivity index (χ4n) is 2.29. The number of rotatable bonds is 5. The van der Waals surface area contributed by atoms with Crippen LogP contribution >= 0.6 is 0 Å². The normalized spacial score (nSPS) is 16.2. The highest BCUT2D eigenvalue weighted by Crippen LogP contribution is 2.31. The van der Waals surface area contributed by atoms with Gasteiger partial charge in [-0.3, -0.25) is 4.79 Å². The molecule has 4 nitrogen and oxygen atoms in total. The molecule has 1 N–H and O–H groups in total. The quantitative estimate of drug-likeness (QED) is 0.909. The number of carboxylic acid groups (broad SMARTS) is 1. The molecule has 1 atom stereocenters. The zero-order valence-corrected chi connectivity index (χ0v) is 11.9. The molecule has 1 saturated carbocycles. The van der Waals surface area contributed by atoms with Crippen molar-refractivity contribution in [3.63, 3.8) is 0 Å². The molecule has 1 aliphatic carbocycles. The van der Waals surface area contributed by atoms with Gasteiger partial charge in [-0.05, 0) is 37.5 Å². The van der Waals surface area contributed by atoms with E-state index in [1.165, 1.54) is 24.0 Å². The number of hydrogen-bond acceptors (Lipinski definition) is 2. The van der Waals surface area contributed by atoms with Crippen LogP contribution in [-0.2, 0) is 22.2 Å². The van der Waals surface area contributed by atoms with E-state index in [-0.39, 0.29) is 18.4 Å². The number of carbonyl (C=O) groups is 2. The minimum Gasteiger partial charge on any atom is -0.480 e. The molecule has 0 heterocycles. The average Bonchev–Trinajstić information content (AvgIpc) is 3.22. The maximum Gasteiger partial charge on any atom is 0.416 e. The monoisotopic (exact) mass is 315 g/mol. The summed E-state index contributed by atoms with van der Waals surface area (Å²) in [5.74, 6) is -1.47. The minimum atomic E-state index is -4.42. The lowest BCUT2D eigenvalue weighted by Gasteiger charge is -2.26. The van der Waals surface area contributed by atoms with E-state index in [0.717, 1.165) is 25.0 Å². The summed E-state index contributed by atoms with van der Waals surface area (Å²) >= 11 is 0. The van der Waals surface area contributed by atoms with Gasteiger partial charge in [0.25, 0.3) is 0 Å². The van der Waals surface area contributed by atoms with Gasteiger partial charge >= 0.3 is 12.1 Å². The first-order chi connectivity index (χ1) is 10.2. The molecule has 1 fully saturated rings. The number of carboxylic acids is 1. The Bertz CT molecular complexity index is 564. The molecular weight excluding hydrogens is 299 g/mol. The van der Waals surface area contributed by atoms with E-state index in [1.54, 1.807) is 0 Å². The van der Waals surface area contributed by atoms with Gasteiger partial charge in [0.1, 0.15) is 6.04 Å². The highest BCUT2D eigenvalue weighted by Gasteiger charge is 2.38. The van der Waals surface area contributed by atoms with Crippen LogP contribution in [0.4, 0.5) is 13.2 Å². The zero-order valence-electron chi connectivity index (χ0n) is 11.9. The van der Waals surface area contributed by atoms with Crippen molar-refractivity contribution in [1.82, 2.24) is 4.90 Å². The fraction of sp³-hybridized carbons (Fsp3) is 0.467. The summed E-state index contributed by atoms with van der Waals surface area (Å²) in [6.45, 7) is 1.44. The van der Waals surface area contributed by atoms with E-state index >= 15 is 0 Å². The average molecular weight is 315 g/mol. The largest absolute Gasteiger partial charge is 0.480 e. The van der Waals surface area contributed by atoms with Crippen LogP contribution in [0.25, 0.3) is 0 Å². The van der Waals surface area contributed by atoms with Gasteiger partial charge in [0.2, 0.25) is 5.91 Å². The van der Waals surface area contributed by atoms with Crippen LogP contribution < -0.4 is 0 Å². The van der Waals surface area contributed by atoms with Crippen molar-refractivity contribution in [2.24, 2.45) is 0 Å². The first-order valence-corrected chi connectivity index (χ1v) is 6.90. The molecule has 1 aliphatic rings. The Morgan fingerprint density at radius 2 is 1.82 bits per heavy atom. The van der Waals surface area contributed by atoms with Gasteiger partial charge in [-0.1, -0.05) is 12.1 Å². The summed E-state index contributed by atoms with van der Waals surface area (Å²) in [5, 5.41) is 9.05. The molecule has 1 aromatic carbocycles. The fourth-order valence-corrected chi connectivity index (χ4v) is 2.29. The SMILES string of the molecule is CC(C(=O)O)N(C(=O)Cc1ccc(C(F)(F)F)cc1)C1CC1. The third-order valence-electron chi connectivity index (χ3n) is 3.64. The molecule has 22 heavy (non-hydrogen) atoms. The number of carbonyl (C=O) groups excluding carboxylic acids is 1. The second kappa shape index (κ2) is 5.98. The smallest absolute Gasteiger partial charge is 0.416 e. The van der Waals surface area contributed by atoms with Crippen molar-refractivity contribution < 1.29 is 27.9 Å². The van der Waals surface area contributed by atoms with E-state index in [4.69, 9.17) is 5.11 Å². The summed E-state index contributed by atoms with van der Waals surface area (Å²) in [4.78, 5) is 24.6. The molecule has 1 unspecified atom stereocenters. The molecule has 0 aromatic heterocycles. The van der Waals surface area contributed by atoms with Crippen molar-refractivity contribution in [2.45, 2.75) is 44.4 Å². The number of nitrogens with zero attached hydrogens (tertiary/aromatic N) is 1. The lowest BCUT2D eigenvalue weighted by Crippen LogP contribution is -2.45. The van der Waals surface area contributed by atoms with Gasteiger partial charge in [-0.2, -0.15) is 13.2 Å². The topological polar surface area (TPSA) is 57.6 Å². The Morgan fingerprint density at radius 3 is 2.23 bits per heavy atom. The van der Waals surface area contributed by atoms with Crippen molar-refractivity contribution in [3.05, 3.63) is 35.4 Å². The molecule has 1 aromatic rings. The highest BCUT2D eigenvalue weighted by atomic mass is 19.4. The lowest BCUT2D eigenvalue weighted by atomic mass is 10.1. The molecule has 0 spiro atoms.